The SMILES string of the molecule is Cc1ccc(/C=N\NC(=O)CCc2ccccc2)cc1Br. The first-order valence-electron chi connectivity index (χ1n) is 6.77. The number of aryl methyl sites for hydroxylation is 2. The quantitative estimate of drug-likeness (QED) is 0.649. The highest BCUT2D eigenvalue weighted by Gasteiger charge is 2.00. The lowest BCUT2D eigenvalue weighted by molar-refractivity contribution is -0.121. The first-order valence-corrected chi connectivity index (χ1v) is 7.56. The van der Waals surface area contributed by atoms with Crippen LogP contribution in [0.15, 0.2) is 58.1 Å². The van der Waals surface area contributed by atoms with Gasteiger partial charge in [-0.2, -0.15) is 5.10 Å². The lowest BCUT2D eigenvalue weighted by Gasteiger charge is -2.01. The zero-order valence-corrected chi connectivity index (χ0v) is 13.4. The smallest absolute Gasteiger partial charge is 0.240 e. The van der Waals surface area contributed by atoms with E-state index in [-0.39, 0.29) is 5.91 Å². The molecular formula is C17H17BrN2O. The molecule has 0 unspecified atom stereocenters. The van der Waals surface area contributed by atoms with Crippen molar-refractivity contribution in [3.8, 4) is 0 Å². The maximum atomic E-state index is 11.7. The molecule has 4 heteroatoms. The van der Waals surface area contributed by atoms with Crippen LogP contribution >= 0.6 is 15.9 Å². The van der Waals surface area contributed by atoms with Crippen molar-refractivity contribution in [3.63, 3.8) is 0 Å². The lowest BCUT2D eigenvalue weighted by Crippen LogP contribution is -2.17. The molecule has 2 aromatic rings. The summed E-state index contributed by atoms with van der Waals surface area (Å²) in [5.74, 6) is -0.0821. The Kier molecular flexibility index (Phi) is 5.69. The van der Waals surface area contributed by atoms with Crippen LogP contribution in [0.25, 0.3) is 0 Å². The molecule has 0 aromatic heterocycles. The summed E-state index contributed by atoms with van der Waals surface area (Å²) in [5.41, 5.74) is 5.81. The number of hydrazone groups is 1. The van der Waals surface area contributed by atoms with Crippen LogP contribution in [-0.2, 0) is 11.2 Å². The number of rotatable bonds is 5. The number of benzene rings is 2. The standard InChI is InChI=1S/C17H17BrN2O/c1-13-7-8-15(11-16(13)18)12-19-20-17(21)10-9-14-5-3-2-4-6-14/h2-8,11-12H,9-10H2,1H3,(H,20,21)/b19-12-. The Balaban J connectivity index is 1.80. The van der Waals surface area contributed by atoms with Gasteiger partial charge in [-0.3, -0.25) is 4.79 Å². The van der Waals surface area contributed by atoms with Crippen LogP contribution in [-0.4, -0.2) is 12.1 Å². The summed E-state index contributed by atoms with van der Waals surface area (Å²) >= 11 is 3.47. The first kappa shape index (κ1) is 15.4. The first-order chi connectivity index (χ1) is 10.1. The van der Waals surface area contributed by atoms with E-state index in [1.165, 1.54) is 5.56 Å². The molecule has 0 saturated carbocycles. The molecule has 0 saturated heterocycles. The molecule has 0 fully saturated rings. The minimum Gasteiger partial charge on any atom is -0.273 e. The number of nitrogens with zero attached hydrogens (tertiary/aromatic N) is 1. The van der Waals surface area contributed by atoms with E-state index in [2.05, 4.69) is 26.5 Å². The third-order valence-corrected chi connectivity index (χ3v) is 3.94. The zero-order valence-electron chi connectivity index (χ0n) is 11.8. The highest BCUT2D eigenvalue weighted by Crippen LogP contribution is 2.16. The van der Waals surface area contributed by atoms with E-state index in [0.29, 0.717) is 6.42 Å². The van der Waals surface area contributed by atoms with E-state index < -0.39 is 0 Å². The van der Waals surface area contributed by atoms with Gasteiger partial charge in [0.25, 0.3) is 0 Å². The van der Waals surface area contributed by atoms with Crippen molar-refractivity contribution in [1.82, 2.24) is 5.43 Å². The molecule has 0 spiro atoms. The van der Waals surface area contributed by atoms with E-state index in [1.54, 1.807) is 6.21 Å². The van der Waals surface area contributed by atoms with Crippen LogP contribution in [0.5, 0.6) is 0 Å². The average Bonchev–Trinajstić information content (AvgIpc) is 2.50. The van der Waals surface area contributed by atoms with Crippen LogP contribution in [0.2, 0.25) is 0 Å². The van der Waals surface area contributed by atoms with Gasteiger partial charge in [0, 0.05) is 10.9 Å². The number of carbonyl (C=O) groups is 1. The van der Waals surface area contributed by atoms with Gasteiger partial charge in [0.15, 0.2) is 0 Å². The van der Waals surface area contributed by atoms with Gasteiger partial charge in [-0.05, 0) is 36.1 Å². The van der Waals surface area contributed by atoms with Crippen molar-refractivity contribution in [2.45, 2.75) is 19.8 Å². The van der Waals surface area contributed by atoms with Gasteiger partial charge in [-0.1, -0.05) is 58.4 Å². The Morgan fingerprint density at radius 2 is 2.00 bits per heavy atom. The number of nitrogens with one attached hydrogen (secondary N) is 1. The minimum atomic E-state index is -0.0821. The Bertz CT molecular complexity index is 638. The fourth-order valence-electron chi connectivity index (χ4n) is 1.83. The number of hydrogen-bond acceptors (Lipinski definition) is 2. The minimum absolute atomic E-state index is 0.0821. The molecule has 0 radical (unpaired) electrons. The number of halogens is 1. The molecule has 0 aliphatic rings. The van der Waals surface area contributed by atoms with Crippen LogP contribution in [0.3, 0.4) is 0 Å². The van der Waals surface area contributed by atoms with Gasteiger partial charge in [-0.25, -0.2) is 5.43 Å². The summed E-state index contributed by atoms with van der Waals surface area (Å²) in [7, 11) is 0. The van der Waals surface area contributed by atoms with Gasteiger partial charge in [0.1, 0.15) is 0 Å². The second-order valence-corrected chi connectivity index (χ2v) is 5.64. The van der Waals surface area contributed by atoms with Crippen molar-refractivity contribution in [2.24, 2.45) is 5.10 Å². The van der Waals surface area contributed by atoms with Gasteiger partial charge < -0.3 is 0 Å². The van der Waals surface area contributed by atoms with E-state index in [9.17, 15) is 4.79 Å². The second-order valence-electron chi connectivity index (χ2n) is 4.79. The number of hydrogen-bond donors (Lipinski definition) is 1. The molecule has 108 valence electrons. The van der Waals surface area contributed by atoms with Crippen molar-refractivity contribution in [1.29, 1.82) is 0 Å². The van der Waals surface area contributed by atoms with Crippen molar-refractivity contribution in [3.05, 3.63) is 69.7 Å². The normalized spacial score (nSPS) is 10.8. The Labute approximate surface area is 133 Å². The summed E-state index contributed by atoms with van der Waals surface area (Å²) < 4.78 is 1.03. The maximum absolute atomic E-state index is 11.7. The largest absolute Gasteiger partial charge is 0.273 e. The van der Waals surface area contributed by atoms with Crippen molar-refractivity contribution < 1.29 is 4.79 Å². The van der Waals surface area contributed by atoms with Crippen LogP contribution in [0, 0.1) is 6.92 Å². The van der Waals surface area contributed by atoms with Crippen molar-refractivity contribution in [2.75, 3.05) is 0 Å². The summed E-state index contributed by atoms with van der Waals surface area (Å²) in [5, 5.41) is 3.98. The lowest BCUT2D eigenvalue weighted by atomic mass is 10.1. The fraction of sp³-hybridized carbons (Fsp3) is 0.176. The maximum Gasteiger partial charge on any atom is 0.240 e. The summed E-state index contributed by atoms with van der Waals surface area (Å²) in [4.78, 5) is 11.7. The molecule has 0 atom stereocenters. The van der Waals surface area contributed by atoms with Gasteiger partial charge >= 0.3 is 0 Å². The molecule has 0 heterocycles. The average molecular weight is 345 g/mol. The van der Waals surface area contributed by atoms with Crippen LogP contribution < -0.4 is 5.43 Å². The highest BCUT2D eigenvalue weighted by molar-refractivity contribution is 9.10. The Morgan fingerprint density at radius 1 is 1.24 bits per heavy atom. The number of amides is 1. The third-order valence-electron chi connectivity index (χ3n) is 3.08. The highest BCUT2D eigenvalue weighted by atomic mass is 79.9. The predicted molar refractivity (Wildman–Crippen MR) is 89.4 cm³/mol. The second kappa shape index (κ2) is 7.74. The molecule has 21 heavy (non-hydrogen) atoms. The Hall–Kier alpha value is -1.94. The molecular weight excluding hydrogens is 328 g/mol. The molecule has 1 N–H and O–H groups in total. The number of carbonyl (C=O) groups excluding carboxylic acids is 1. The monoisotopic (exact) mass is 344 g/mol. The van der Waals surface area contributed by atoms with Gasteiger partial charge in [0.05, 0.1) is 6.21 Å². The summed E-state index contributed by atoms with van der Waals surface area (Å²) in [6.07, 6.45) is 2.79. The molecule has 0 aliphatic heterocycles. The molecule has 1 amide bonds. The summed E-state index contributed by atoms with van der Waals surface area (Å²) in [6.45, 7) is 2.02. The molecule has 2 aromatic carbocycles. The van der Waals surface area contributed by atoms with E-state index in [0.717, 1.165) is 22.0 Å². The molecule has 0 aliphatic carbocycles. The van der Waals surface area contributed by atoms with Crippen molar-refractivity contribution >= 4 is 28.1 Å². The fourth-order valence-corrected chi connectivity index (χ4v) is 2.22. The molecule has 3 nitrogen and oxygen atoms in total. The topological polar surface area (TPSA) is 41.5 Å². The van der Waals surface area contributed by atoms with E-state index >= 15 is 0 Å². The van der Waals surface area contributed by atoms with E-state index in [4.69, 9.17) is 0 Å². The molecule has 0 bridgehead atoms. The molecule has 2 rings (SSSR count). The van der Waals surface area contributed by atoms with Crippen LogP contribution in [0.4, 0.5) is 0 Å². The zero-order chi connectivity index (χ0) is 15.1. The summed E-state index contributed by atoms with van der Waals surface area (Å²) in [6, 6.07) is 15.9. The van der Waals surface area contributed by atoms with Crippen LogP contribution in [0.1, 0.15) is 23.1 Å². The predicted octanol–water partition coefficient (Wildman–Crippen LogP) is 3.84. The van der Waals surface area contributed by atoms with Gasteiger partial charge in [-0.15, -0.1) is 0 Å². The third kappa shape index (κ3) is 5.16. The Morgan fingerprint density at radius 3 is 2.71 bits per heavy atom. The van der Waals surface area contributed by atoms with Gasteiger partial charge in [0.2, 0.25) is 5.91 Å². The van der Waals surface area contributed by atoms with E-state index in [1.807, 2.05) is 55.5 Å².